The van der Waals surface area contributed by atoms with Crippen molar-refractivity contribution in [3.8, 4) is 0 Å². The Kier molecular flexibility index (Phi) is 5.48. The van der Waals surface area contributed by atoms with Gasteiger partial charge >= 0.3 is 0 Å². The van der Waals surface area contributed by atoms with Crippen LogP contribution in [0.2, 0.25) is 0 Å². The molecule has 1 rings (SSSR count). The quantitative estimate of drug-likeness (QED) is 0.859. The standard InChI is InChI=1S/C15H23FN2O/c1-15(2,3)9-12(17)10-18-14(19)8-11-6-4-5-7-13(11)16/h4-7,12H,8-10,17H2,1-3H3,(H,18,19). The Balaban J connectivity index is 2.38. The Bertz CT molecular complexity index is 426. The van der Waals surface area contributed by atoms with E-state index in [-0.39, 0.29) is 29.6 Å². The summed E-state index contributed by atoms with van der Waals surface area (Å²) in [6.45, 7) is 6.74. The van der Waals surface area contributed by atoms with Crippen molar-refractivity contribution in [1.82, 2.24) is 5.32 Å². The fourth-order valence-corrected chi connectivity index (χ4v) is 1.98. The first-order valence-corrected chi connectivity index (χ1v) is 6.53. The van der Waals surface area contributed by atoms with Crippen molar-refractivity contribution in [2.45, 2.75) is 39.7 Å². The van der Waals surface area contributed by atoms with Crippen LogP contribution in [0.3, 0.4) is 0 Å². The van der Waals surface area contributed by atoms with E-state index in [2.05, 4.69) is 26.1 Å². The number of nitrogens with two attached hydrogens (primary N) is 1. The molecule has 19 heavy (non-hydrogen) atoms. The lowest BCUT2D eigenvalue weighted by atomic mass is 9.88. The van der Waals surface area contributed by atoms with E-state index in [9.17, 15) is 9.18 Å². The molecule has 1 unspecified atom stereocenters. The smallest absolute Gasteiger partial charge is 0.224 e. The number of amides is 1. The highest BCUT2D eigenvalue weighted by Crippen LogP contribution is 2.19. The van der Waals surface area contributed by atoms with Crippen LogP contribution in [-0.2, 0) is 11.2 Å². The average molecular weight is 266 g/mol. The summed E-state index contributed by atoms with van der Waals surface area (Å²) < 4.78 is 13.4. The molecule has 0 saturated carbocycles. The molecule has 0 heterocycles. The second kappa shape index (κ2) is 6.66. The van der Waals surface area contributed by atoms with Gasteiger partial charge in [0.2, 0.25) is 5.91 Å². The summed E-state index contributed by atoms with van der Waals surface area (Å²) in [5, 5.41) is 2.75. The van der Waals surface area contributed by atoms with E-state index in [1.807, 2.05) is 0 Å². The third-order valence-electron chi connectivity index (χ3n) is 2.74. The number of halogens is 1. The molecule has 0 saturated heterocycles. The molecule has 1 aromatic carbocycles. The van der Waals surface area contributed by atoms with Crippen molar-refractivity contribution in [3.63, 3.8) is 0 Å². The summed E-state index contributed by atoms with van der Waals surface area (Å²) in [4.78, 5) is 11.7. The van der Waals surface area contributed by atoms with Gasteiger partial charge in [0.15, 0.2) is 0 Å². The summed E-state index contributed by atoms with van der Waals surface area (Å²) in [7, 11) is 0. The monoisotopic (exact) mass is 266 g/mol. The van der Waals surface area contributed by atoms with Gasteiger partial charge in [-0.05, 0) is 23.5 Å². The van der Waals surface area contributed by atoms with Crippen LogP contribution in [0.15, 0.2) is 24.3 Å². The lowest BCUT2D eigenvalue weighted by Crippen LogP contribution is -2.40. The van der Waals surface area contributed by atoms with Gasteiger partial charge in [-0.3, -0.25) is 4.79 Å². The summed E-state index contributed by atoms with van der Waals surface area (Å²) >= 11 is 0. The normalized spacial score (nSPS) is 13.1. The van der Waals surface area contributed by atoms with Crippen molar-refractivity contribution in [1.29, 1.82) is 0 Å². The molecule has 0 bridgehead atoms. The Labute approximate surface area is 114 Å². The van der Waals surface area contributed by atoms with Gasteiger partial charge in [0, 0.05) is 12.6 Å². The third-order valence-corrected chi connectivity index (χ3v) is 2.74. The van der Waals surface area contributed by atoms with Crippen molar-refractivity contribution in [2.24, 2.45) is 11.1 Å². The van der Waals surface area contributed by atoms with Gasteiger partial charge in [0.05, 0.1) is 6.42 Å². The zero-order valence-corrected chi connectivity index (χ0v) is 11.9. The number of nitrogens with one attached hydrogen (secondary N) is 1. The van der Waals surface area contributed by atoms with Crippen LogP contribution in [0.4, 0.5) is 4.39 Å². The Morgan fingerprint density at radius 3 is 2.58 bits per heavy atom. The average Bonchev–Trinajstić information content (AvgIpc) is 2.27. The molecule has 3 nitrogen and oxygen atoms in total. The van der Waals surface area contributed by atoms with Gasteiger partial charge in [-0.25, -0.2) is 4.39 Å². The Morgan fingerprint density at radius 2 is 2.00 bits per heavy atom. The maximum Gasteiger partial charge on any atom is 0.224 e. The van der Waals surface area contributed by atoms with Crippen LogP contribution in [-0.4, -0.2) is 18.5 Å². The van der Waals surface area contributed by atoms with Crippen molar-refractivity contribution >= 4 is 5.91 Å². The third kappa shape index (κ3) is 6.34. The van der Waals surface area contributed by atoms with Crippen LogP contribution in [0.5, 0.6) is 0 Å². The number of hydrogen-bond acceptors (Lipinski definition) is 2. The molecule has 1 atom stereocenters. The highest BCUT2D eigenvalue weighted by atomic mass is 19.1. The fourth-order valence-electron chi connectivity index (χ4n) is 1.98. The van der Waals surface area contributed by atoms with Crippen molar-refractivity contribution in [2.75, 3.05) is 6.54 Å². The van der Waals surface area contributed by atoms with Gasteiger partial charge in [-0.15, -0.1) is 0 Å². The molecule has 1 amide bonds. The molecule has 0 radical (unpaired) electrons. The second-order valence-electron chi connectivity index (χ2n) is 6.10. The summed E-state index contributed by atoms with van der Waals surface area (Å²) in [5.41, 5.74) is 6.48. The first kappa shape index (κ1) is 15.6. The van der Waals surface area contributed by atoms with Crippen LogP contribution >= 0.6 is 0 Å². The predicted molar refractivity (Wildman–Crippen MR) is 75.2 cm³/mol. The second-order valence-corrected chi connectivity index (χ2v) is 6.10. The number of rotatable bonds is 5. The van der Waals surface area contributed by atoms with Crippen molar-refractivity contribution in [3.05, 3.63) is 35.6 Å². The Morgan fingerprint density at radius 1 is 1.37 bits per heavy atom. The minimum atomic E-state index is -0.350. The summed E-state index contributed by atoms with van der Waals surface area (Å²) in [6, 6.07) is 6.22. The highest BCUT2D eigenvalue weighted by molar-refractivity contribution is 5.78. The van der Waals surface area contributed by atoms with E-state index in [1.165, 1.54) is 6.07 Å². The largest absolute Gasteiger partial charge is 0.354 e. The molecular formula is C15H23FN2O. The number of carbonyl (C=O) groups excluding carboxylic acids is 1. The Hall–Kier alpha value is -1.42. The van der Waals surface area contributed by atoms with Crippen LogP contribution in [0.25, 0.3) is 0 Å². The SMILES string of the molecule is CC(C)(C)CC(N)CNC(=O)Cc1ccccc1F. The maximum atomic E-state index is 13.4. The maximum absolute atomic E-state index is 13.4. The zero-order chi connectivity index (χ0) is 14.5. The fraction of sp³-hybridized carbons (Fsp3) is 0.533. The predicted octanol–water partition coefficient (Wildman–Crippen LogP) is 2.25. The van der Waals surface area contributed by atoms with E-state index in [0.29, 0.717) is 12.1 Å². The summed E-state index contributed by atoms with van der Waals surface area (Å²) in [6.07, 6.45) is 0.877. The molecule has 106 valence electrons. The van der Waals surface area contributed by atoms with E-state index in [1.54, 1.807) is 18.2 Å². The van der Waals surface area contributed by atoms with E-state index >= 15 is 0 Å². The molecule has 0 aliphatic rings. The van der Waals surface area contributed by atoms with Gasteiger partial charge in [0.25, 0.3) is 0 Å². The molecule has 0 fully saturated rings. The first-order valence-electron chi connectivity index (χ1n) is 6.53. The minimum absolute atomic E-state index is 0.0505. The minimum Gasteiger partial charge on any atom is -0.354 e. The van der Waals surface area contributed by atoms with Crippen LogP contribution < -0.4 is 11.1 Å². The van der Waals surface area contributed by atoms with E-state index in [4.69, 9.17) is 5.73 Å². The molecule has 0 aliphatic carbocycles. The molecule has 1 aromatic rings. The molecule has 4 heteroatoms. The highest BCUT2D eigenvalue weighted by Gasteiger charge is 2.16. The first-order chi connectivity index (χ1) is 8.78. The number of carbonyl (C=O) groups is 1. The van der Waals surface area contributed by atoms with Crippen LogP contribution in [0, 0.1) is 11.2 Å². The van der Waals surface area contributed by atoms with E-state index in [0.717, 1.165) is 6.42 Å². The lowest BCUT2D eigenvalue weighted by molar-refractivity contribution is -0.120. The molecule has 0 spiro atoms. The lowest BCUT2D eigenvalue weighted by Gasteiger charge is -2.23. The zero-order valence-electron chi connectivity index (χ0n) is 11.9. The van der Waals surface area contributed by atoms with Crippen LogP contribution in [0.1, 0.15) is 32.8 Å². The van der Waals surface area contributed by atoms with E-state index < -0.39 is 0 Å². The molecule has 3 N–H and O–H groups in total. The molecular weight excluding hydrogens is 243 g/mol. The van der Waals surface area contributed by atoms with Gasteiger partial charge < -0.3 is 11.1 Å². The van der Waals surface area contributed by atoms with Gasteiger partial charge in [-0.1, -0.05) is 39.0 Å². The topological polar surface area (TPSA) is 55.1 Å². The molecule has 0 aliphatic heterocycles. The number of hydrogen-bond donors (Lipinski definition) is 2. The van der Waals surface area contributed by atoms with Gasteiger partial charge in [-0.2, -0.15) is 0 Å². The number of benzene rings is 1. The summed E-state index contributed by atoms with van der Waals surface area (Å²) in [5.74, 6) is -0.550. The van der Waals surface area contributed by atoms with Gasteiger partial charge in [0.1, 0.15) is 5.82 Å². The molecule has 0 aromatic heterocycles. The van der Waals surface area contributed by atoms with Crippen molar-refractivity contribution < 1.29 is 9.18 Å².